The van der Waals surface area contributed by atoms with E-state index in [0.29, 0.717) is 0 Å². The van der Waals surface area contributed by atoms with Gasteiger partial charge in [0.05, 0.1) is 0 Å². The Balaban J connectivity index is 2.29. The zero-order valence-electron chi connectivity index (χ0n) is 18.0. The van der Waals surface area contributed by atoms with Crippen molar-refractivity contribution in [3.63, 3.8) is 0 Å². The molecular formula is C28H42. The average Bonchev–Trinajstić information content (AvgIpc) is 2.71. The lowest BCUT2D eigenvalue weighted by molar-refractivity contribution is 0.962. The fourth-order valence-electron chi connectivity index (χ4n) is 3.00. The van der Waals surface area contributed by atoms with Crippen LogP contribution in [-0.4, -0.2) is 0 Å². The van der Waals surface area contributed by atoms with Crippen LogP contribution in [0.15, 0.2) is 85.1 Å². The van der Waals surface area contributed by atoms with Crippen molar-refractivity contribution in [3.05, 3.63) is 85.1 Å². The normalized spacial score (nSPS) is 20.0. The molecule has 0 aliphatic heterocycles. The van der Waals surface area contributed by atoms with Gasteiger partial charge in [0.2, 0.25) is 0 Å². The quantitative estimate of drug-likeness (QED) is 0.368. The molecule has 0 heteroatoms. The molecule has 0 radical (unpaired) electrons. The van der Waals surface area contributed by atoms with Crippen LogP contribution < -0.4 is 0 Å². The molecule has 0 aromatic carbocycles. The molecule has 0 heterocycles. The van der Waals surface area contributed by atoms with E-state index < -0.39 is 0 Å². The molecule has 0 nitrogen and oxygen atoms in total. The molecule has 154 valence electrons. The number of allylic oxidation sites excluding steroid dienone is 14. The standard InChI is InChI=1S/C28H42/c1-2-4-6-8-10-12-14-16-18-20-22-24-26-28-27-25-23-21-19-17-15-13-11-9-7-5-3-1/h1-2,7-10,15-18,23-26H,3-6,11-14,19-22,27-28H2. The maximum Gasteiger partial charge on any atom is -0.0316 e. The van der Waals surface area contributed by atoms with Crippen molar-refractivity contribution in [3.8, 4) is 0 Å². The highest BCUT2D eigenvalue weighted by atomic mass is 13.9. The van der Waals surface area contributed by atoms with E-state index in [1.807, 2.05) is 0 Å². The van der Waals surface area contributed by atoms with Gasteiger partial charge in [-0.3, -0.25) is 0 Å². The maximum atomic E-state index is 2.33. The Morgan fingerprint density at radius 2 is 0.214 bits per heavy atom. The van der Waals surface area contributed by atoms with E-state index in [-0.39, 0.29) is 0 Å². The third-order valence-corrected chi connectivity index (χ3v) is 4.67. The highest BCUT2D eigenvalue weighted by molar-refractivity contribution is 4.95. The van der Waals surface area contributed by atoms with Gasteiger partial charge in [0, 0.05) is 0 Å². The van der Waals surface area contributed by atoms with Crippen molar-refractivity contribution in [2.24, 2.45) is 0 Å². The predicted octanol–water partition coefficient (Wildman–Crippen LogP) is 9.35. The van der Waals surface area contributed by atoms with E-state index in [4.69, 9.17) is 0 Å². The summed E-state index contributed by atoms with van der Waals surface area (Å²) in [6, 6.07) is 0. The van der Waals surface area contributed by atoms with Crippen LogP contribution in [0.4, 0.5) is 0 Å². The van der Waals surface area contributed by atoms with Crippen molar-refractivity contribution in [2.45, 2.75) is 89.9 Å². The summed E-state index contributed by atoms with van der Waals surface area (Å²) < 4.78 is 0. The molecular weight excluding hydrogens is 336 g/mol. The molecule has 0 amide bonds. The molecule has 0 saturated heterocycles. The van der Waals surface area contributed by atoms with Crippen LogP contribution in [0.3, 0.4) is 0 Å². The summed E-state index contributed by atoms with van der Waals surface area (Å²) in [4.78, 5) is 0. The van der Waals surface area contributed by atoms with Crippen LogP contribution in [0, 0.1) is 0 Å². The monoisotopic (exact) mass is 378 g/mol. The van der Waals surface area contributed by atoms with Gasteiger partial charge in [-0.25, -0.2) is 0 Å². The second-order valence-electron chi connectivity index (χ2n) is 7.34. The summed E-state index contributed by atoms with van der Waals surface area (Å²) in [6.45, 7) is 0. The van der Waals surface area contributed by atoms with Crippen LogP contribution in [0.25, 0.3) is 0 Å². The van der Waals surface area contributed by atoms with Crippen LogP contribution in [0.1, 0.15) is 89.9 Å². The Morgan fingerprint density at radius 1 is 0.143 bits per heavy atom. The molecule has 0 aromatic rings. The first-order valence-corrected chi connectivity index (χ1v) is 11.5. The zero-order valence-corrected chi connectivity index (χ0v) is 18.0. The summed E-state index contributed by atoms with van der Waals surface area (Å²) in [7, 11) is 0. The summed E-state index contributed by atoms with van der Waals surface area (Å²) in [6.07, 6.45) is 49.0. The van der Waals surface area contributed by atoms with Gasteiger partial charge >= 0.3 is 0 Å². The van der Waals surface area contributed by atoms with E-state index in [1.54, 1.807) is 0 Å². The van der Waals surface area contributed by atoms with Gasteiger partial charge < -0.3 is 0 Å². The first kappa shape index (κ1) is 24.2. The lowest BCUT2D eigenvalue weighted by Gasteiger charge is -1.92. The minimum Gasteiger partial charge on any atom is -0.0882 e. The lowest BCUT2D eigenvalue weighted by atomic mass is 10.1. The molecule has 0 aromatic heterocycles. The van der Waals surface area contributed by atoms with Gasteiger partial charge in [-0.15, -0.1) is 0 Å². The summed E-state index contributed by atoms with van der Waals surface area (Å²) in [5.41, 5.74) is 0. The highest BCUT2D eigenvalue weighted by Gasteiger charge is 1.83. The Hall–Kier alpha value is -1.82. The van der Waals surface area contributed by atoms with E-state index >= 15 is 0 Å². The number of hydrogen-bond acceptors (Lipinski definition) is 0. The van der Waals surface area contributed by atoms with Crippen molar-refractivity contribution < 1.29 is 0 Å². The molecule has 0 saturated carbocycles. The smallest absolute Gasteiger partial charge is 0.0316 e. The van der Waals surface area contributed by atoms with Crippen LogP contribution in [-0.2, 0) is 0 Å². The molecule has 28 heavy (non-hydrogen) atoms. The molecule has 0 bridgehead atoms. The zero-order chi connectivity index (χ0) is 19.8. The molecule has 1 aliphatic rings. The van der Waals surface area contributed by atoms with Gasteiger partial charge in [-0.1, -0.05) is 85.1 Å². The predicted molar refractivity (Wildman–Crippen MR) is 129 cm³/mol. The molecule has 1 aliphatic carbocycles. The van der Waals surface area contributed by atoms with Crippen LogP contribution >= 0.6 is 0 Å². The first-order chi connectivity index (χ1) is 14.0. The van der Waals surface area contributed by atoms with Gasteiger partial charge in [0.25, 0.3) is 0 Å². The first-order valence-electron chi connectivity index (χ1n) is 11.5. The van der Waals surface area contributed by atoms with Crippen LogP contribution in [0.2, 0.25) is 0 Å². The summed E-state index contributed by atoms with van der Waals surface area (Å²) in [5.74, 6) is 0. The number of rotatable bonds is 0. The van der Waals surface area contributed by atoms with Crippen molar-refractivity contribution in [1.29, 1.82) is 0 Å². The van der Waals surface area contributed by atoms with Crippen LogP contribution in [0.5, 0.6) is 0 Å². The van der Waals surface area contributed by atoms with E-state index in [0.717, 1.165) is 0 Å². The van der Waals surface area contributed by atoms with Gasteiger partial charge in [0.15, 0.2) is 0 Å². The molecule has 0 N–H and O–H groups in total. The van der Waals surface area contributed by atoms with Gasteiger partial charge in [-0.2, -0.15) is 0 Å². The highest BCUT2D eigenvalue weighted by Crippen LogP contribution is 2.04. The molecule has 0 spiro atoms. The minimum absolute atomic E-state index is 1.17. The fourth-order valence-corrected chi connectivity index (χ4v) is 3.00. The third kappa shape index (κ3) is 19.0. The van der Waals surface area contributed by atoms with Gasteiger partial charge in [-0.05, 0) is 89.9 Å². The molecule has 0 atom stereocenters. The maximum absolute atomic E-state index is 2.33. The lowest BCUT2D eigenvalue weighted by Crippen LogP contribution is -1.71. The third-order valence-electron chi connectivity index (χ3n) is 4.67. The second kappa shape index (κ2) is 21.5. The van der Waals surface area contributed by atoms with Crippen molar-refractivity contribution >= 4 is 0 Å². The van der Waals surface area contributed by atoms with E-state index in [2.05, 4.69) is 85.1 Å². The largest absolute Gasteiger partial charge is 0.0882 e. The SMILES string of the molecule is C1=CCCC=CCCC=CCCC=CCCC=CCCC=CCCC=CCC1. The molecule has 0 unspecified atom stereocenters. The van der Waals surface area contributed by atoms with E-state index in [9.17, 15) is 0 Å². The second-order valence-corrected chi connectivity index (χ2v) is 7.34. The Kier molecular flexibility index (Phi) is 18.6. The van der Waals surface area contributed by atoms with Crippen molar-refractivity contribution in [1.82, 2.24) is 0 Å². The van der Waals surface area contributed by atoms with E-state index in [1.165, 1.54) is 89.9 Å². The topological polar surface area (TPSA) is 0 Å². The fraction of sp³-hybridized carbons (Fsp3) is 0.500. The molecule has 1 rings (SSSR count). The molecule has 0 fully saturated rings. The van der Waals surface area contributed by atoms with Gasteiger partial charge in [0.1, 0.15) is 0 Å². The Morgan fingerprint density at radius 3 is 0.286 bits per heavy atom. The van der Waals surface area contributed by atoms with Crippen molar-refractivity contribution in [2.75, 3.05) is 0 Å². The minimum atomic E-state index is 1.17. The number of hydrogen-bond donors (Lipinski definition) is 0. The summed E-state index contributed by atoms with van der Waals surface area (Å²) >= 11 is 0. The summed E-state index contributed by atoms with van der Waals surface area (Å²) in [5, 5.41) is 0. The Bertz CT molecular complexity index is 343. The average molecular weight is 379 g/mol. The Labute approximate surface area is 175 Å².